The monoisotopic (exact) mass is 432 g/mol. The molecule has 0 N–H and O–H groups in total. The van der Waals surface area contributed by atoms with Crippen LogP contribution in [0.5, 0.6) is 0 Å². The summed E-state index contributed by atoms with van der Waals surface area (Å²) >= 11 is 0. The number of aryl methyl sites for hydroxylation is 1. The number of rotatable bonds is 1. The van der Waals surface area contributed by atoms with Crippen LogP contribution in [-0.4, -0.2) is 0 Å². The van der Waals surface area contributed by atoms with Gasteiger partial charge in [0.15, 0.2) is 17.5 Å². The summed E-state index contributed by atoms with van der Waals surface area (Å²) in [6.45, 7) is 1.64. The lowest BCUT2D eigenvalue weighted by atomic mass is 9.78. The van der Waals surface area contributed by atoms with Crippen LogP contribution in [0.3, 0.4) is 0 Å². The molecule has 0 atom stereocenters. The Balaban J connectivity index is 1.52. The smallest absolute Gasteiger partial charge is 0.195 e. The van der Waals surface area contributed by atoms with E-state index in [1.165, 1.54) is 18.2 Å². The van der Waals surface area contributed by atoms with Gasteiger partial charge in [-0.1, -0.05) is 11.8 Å². The Bertz CT molecular complexity index is 1200. The molecule has 0 saturated heterocycles. The molecule has 0 unspecified atom stereocenters. The van der Waals surface area contributed by atoms with Crippen LogP contribution in [0.25, 0.3) is 10.8 Å². The second-order valence-electron chi connectivity index (χ2n) is 8.00. The number of halogens is 6. The average molecular weight is 432 g/mol. The number of hydrogen-bond donors (Lipinski definition) is 0. The van der Waals surface area contributed by atoms with Crippen molar-refractivity contribution in [3.05, 3.63) is 81.9 Å². The van der Waals surface area contributed by atoms with Crippen LogP contribution in [-0.2, 0) is 0 Å². The van der Waals surface area contributed by atoms with E-state index in [1.54, 1.807) is 6.92 Å². The Morgan fingerprint density at radius 3 is 2.00 bits per heavy atom. The summed E-state index contributed by atoms with van der Waals surface area (Å²) in [5.74, 6) is -1.22. The van der Waals surface area contributed by atoms with Gasteiger partial charge in [0.25, 0.3) is 0 Å². The molecule has 0 aromatic heterocycles. The summed E-state index contributed by atoms with van der Waals surface area (Å²) in [6, 6.07) is 5.68. The van der Waals surface area contributed by atoms with Gasteiger partial charge >= 0.3 is 0 Å². The van der Waals surface area contributed by atoms with Gasteiger partial charge in [-0.25, -0.2) is 26.3 Å². The minimum Gasteiger partial charge on any atom is -0.207 e. The standard InChI is InChI=1S/C25H18F6/c1-13-8-18(26)22(19(27)9-13)16-6-4-14(5-7-16)2-3-15-10-17-12-21(29)24(30)25(31)23(17)20(28)11-15/h8-12,14,16H,4-7H2,1H3. The van der Waals surface area contributed by atoms with Crippen LogP contribution in [0.4, 0.5) is 26.3 Å². The van der Waals surface area contributed by atoms with Crippen LogP contribution in [0, 0.1) is 59.6 Å². The van der Waals surface area contributed by atoms with Crippen LogP contribution >= 0.6 is 0 Å². The summed E-state index contributed by atoms with van der Waals surface area (Å²) in [5, 5.41) is -0.734. The van der Waals surface area contributed by atoms with Crippen molar-refractivity contribution < 1.29 is 26.3 Å². The molecule has 3 aromatic carbocycles. The largest absolute Gasteiger partial charge is 0.207 e. The number of hydrogen-bond acceptors (Lipinski definition) is 0. The highest BCUT2D eigenvalue weighted by molar-refractivity contribution is 5.85. The Kier molecular flexibility index (Phi) is 5.70. The normalized spacial score (nSPS) is 18.7. The zero-order valence-electron chi connectivity index (χ0n) is 16.6. The fraction of sp³-hybridized carbons (Fsp3) is 0.280. The first-order valence-electron chi connectivity index (χ1n) is 9.98. The lowest BCUT2D eigenvalue weighted by Crippen LogP contribution is -2.14. The maximum Gasteiger partial charge on any atom is 0.195 e. The van der Waals surface area contributed by atoms with E-state index in [0.29, 0.717) is 31.2 Å². The van der Waals surface area contributed by atoms with Crippen molar-refractivity contribution in [3.63, 3.8) is 0 Å². The molecule has 0 amide bonds. The van der Waals surface area contributed by atoms with E-state index >= 15 is 0 Å². The average Bonchev–Trinajstić information content (AvgIpc) is 2.70. The molecule has 1 aliphatic carbocycles. The molecule has 1 aliphatic rings. The molecule has 0 aliphatic heterocycles. The van der Waals surface area contributed by atoms with E-state index < -0.39 is 40.3 Å². The fourth-order valence-electron chi connectivity index (χ4n) is 4.27. The quantitative estimate of drug-likeness (QED) is 0.215. The summed E-state index contributed by atoms with van der Waals surface area (Å²) in [7, 11) is 0. The molecule has 6 heteroatoms. The summed E-state index contributed by atoms with van der Waals surface area (Å²) in [4.78, 5) is 0. The van der Waals surface area contributed by atoms with Crippen molar-refractivity contribution in [2.24, 2.45) is 5.92 Å². The maximum atomic E-state index is 14.3. The third-order valence-electron chi connectivity index (χ3n) is 5.80. The van der Waals surface area contributed by atoms with Crippen molar-refractivity contribution in [2.45, 2.75) is 38.5 Å². The minimum absolute atomic E-state index is 0.0479. The molecule has 0 bridgehead atoms. The van der Waals surface area contributed by atoms with Gasteiger partial charge in [-0.05, 0) is 79.8 Å². The Morgan fingerprint density at radius 1 is 0.710 bits per heavy atom. The first kappa shape index (κ1) is 21.3. The second kappa shape index (κ2) is 8.30. The number of benzene rings is 3. The van der Waals surface area contributed by atoms with Gasteiger partial charge in [0.2, 0.25) is 0 Å². The SMILES string of the molecule is Cc1cc(F)c(C2CCC(C#Cc3cc(F)c4c(F)c(F)c(F)cc4c3)CC2)c(F)c1. The lowest BCUT2D eigenvalue weighted by molar-refractivity contribution is 0.366. The molecule has 4 rings (SSSR count). The van der Waals surface area contributed by atoms with E-state index in [0.717, 1.165) is 12.1 Å². The Hall–Kier alpha value is -2.94. The molecule has 0 spiro atoms. The van der Waals surface area contributed by atoms with Crippen LogP contribution in [0.15, 0.2) is 30.3 Å². The predicted molar refractivity (Wildman–Crippen MR) is 106 cm³/mol. The van der Waals surface area contributed by atoms with E-state index in [4.69, 9.17) is 0 Å². The molecule has 0 nitrogen and oxygen atoms in total. The summed E-state index contributed by atoms with van der Waals surface area (Å²) < 4.78 is 83.4. The van der Waals surface area contributed by atoms with Gasteiger partial charge in [0.1, 0.15) is 17.5 Å². The highest BCUT2D eigenvalue weighted by Gasteiger charge is 2.26. The van der Waals surface area contributed by atoms with Gasteiger partial charge in [0, 0.05) is 17.0 Å². The van der Waals surface area contributed by atoms with Gasteiger partial charge in [0.05, 0.1) is 5.39 Å². The van der Waals surface area contributed by atoms with Crippen LogP contribution < -0.4 is 0 Å². The van der Waals surface area contributed by atoms with E-state index in [1.807, 2.05) is 0 Å². The zero-order chi connectivity index (χ0) is 22.3. The van der Waals surface area contributed by atoms with Gasteiger partial charge in [-0.2, -0.15) is 0 Å². The molecule has 3 aromatic rings. The highest BCUT2D eigenvalue weighted by Crippen LogP contribution is 2.38. The topological polar surface area (TPSA) is 0 Å². The molecule has 1 saturated carbocycles. The van der Waals surface area contributed by atoms with E-state index in [-0.39, 0.29) is 28.3 Å². The summed E-state index contributed by atoms with van der Waals surface area (Å²) in [5.41, 5.74) is 0.862. The molecule has 0 heterocycles. The summed E-state index contributed by atoms with van der Waals surface area (Å²) in [6.07, 6.45) is 2.37. The van der Waals surface area contributed by atoms with Gasteiger partial charge < -0.3 is 0 Å². The van der Waals surface area contributed by atoms with Gasteiger partial charge in [-0.3, -0.25) is 0 Å². The predicted octanol–water partition coefficient (Wildman–Crippen LogP) is 7.31. The van der Waals surface area contributed by atoms with Crippen LogP contribution in [0.1, 0.15) is 48.3 Å². The Labute approximate surface area is 175 Å². The first-order chi connectivity index (χ1) is 14.7. The molecular weight excluding hydrogens is 414 g/mol. The minimum atomic E-state index is -1.72. The Morgan fingerprint density at radius 2 is 1.35 bits per heavy atom. The number of fused-ring (bicyclic) bond motifs is 1. The third kappa shape index (κ3) is 4.14. The molecule has 31 heavy (non-hydrogen) atoms. The lowest BCUT2D eigenvalue weighted by Gasteiger charge is -2.26. The van der Waals surface area contributed by atoms with Crippen molar-refractivity contribution in [1.82, 2.24) is 0 Å². The van der Waals surface area contributed by atoms with Crippen molar-refractivity contribution in [2.75, 3.05) is 0 Å². The fourth-order valence-corrected chi connectivity index (χ4v) is 4.27. The molecule has 160 valence electrons. The van der Waals surface area contributed by atoms with Crippen molar-refractivity contribution in [3.8, 4) is 11.8 Å². The van der Waals surface area contributed by atoms with Crippen molar-refractivity contribution in [1.29, 1.82) is 0 Å². The van der Waals surface area contributed by atoms with Crippen LogP contribution in [0.2, 0.25) is 0 Å². The first-order valence-corrected chi connectivity index (χ1v) is 9.98. The second-order valence-corrected chi connectivity index (χ2v) is 8.00. The third-order valence-corrected chi connectivity index (χ3v) is 5.80. The maximum absolute atomic E-state index is 14.3. The zero-order valence-corrected chi connectivity index (χ0v) is 16.6. The highest BCUT2D eigenvalue weighted by atomic mass is 19.2. The van der Waals surface area contributed by atoms with E-state index in [2.05, 4.69) is 11.8 Å². The molecule has 1 fully saturated rings. The molecule has 0 radical (unpaired) electrons. The van der Waals surface area contributed by atoms with Gasteiger partial charge in [-0.15, -0.1) is 0 Å². The van der Waals surface area contributed by atoms with Crippen molar-refractivity contribution >= 4 is 10.8 Å². The van der Waals surface area contributed by atoms with E-state index in [9.17, 15) is 26.3 Å². The molecular formula is C25H18F6.